The first-order valence-corrected chi connectivity index (χ1v) is 9.25. The Morgan fingerprint density at radius 3 is 2.44 bits per heavy atom. The van der Waals surface area contributed by atoms with E-state index in [0.717, 1.165) is 18.6 Å². The summed E-state index contributed by atoms with van der Waals surface area (Å²) in [6.45, 7) is 3.72. The number of anilines is 1. The zero-order valence-electron chi connectivity index (χ0n) is 15.5. The largest absolute Gasteiger partial charge is 0.394 e. The van der Waals surface area contributed by atoms with E-state index < -0.39 is 0 Å². The van der Waals surface area contributed by atoms with Crippen molar-refractivity contribution in [1.29, 1.82) is 0 Å². The highest BCUT2D eigenvalue weighted by atomic mass is 16.3. The third-order valence-electron chi connectivity index (χ3n) is 4.78. The van der Waals surface area contributed by atoms with Gasteiger partial charge in [-0.25, -0.2) is 9.67 Å². The van der Waals surface area contributed by atoms with E-state index in [2.05, 4.69) is 15.0 Å². The van der Waals surface area contributed by atoms with Crippen molar-refractivity contribution in [2.45, 2.75) is 32.9 Å². The van der Waals surface area contributed by atoms with Gasteiger partial charge in [0.25, 0.3) is 5.56 Å². The highest BCUT2D eigenvalue weighted by Gasteiger charge is 2.26. The van der Waals surface area contributed by atoms with Crippen molar-refractivity contribution in [1.82, 2.24) is 9.36 Å². The van der Waals surface area contributed by atoms with Crippen LogP contribution in [-0.4, -0.2) is 63.0 Å². The topological polar surface area (TPSA) is 130 Å². The van der Waals surface area contributed by atoms with Crippen molar-refractivity contribution in [2.24, 2.45) is 20.9 Å². The van der Waals surface area contributed by atoms with E-state index in [1.807, 2.05) is 13.0 Å². The Hall–Kier alpha value is -2.52. The van der Waals surface area contributed by atoms with Gasteiger partial charge in [-0.15, -0.1) is 0 Å². The minimum absolute atomic E-state index is 0.0300. The summed E-state index contributed by atoms with van der Waals surface area (Å²) < 4.78 is 3.44. The predicted octanol–water partition coefficient (Wildman–Crippen LogP) is 0.171. The lowest BCUT2D eigenvalue weighted by molar-refractivity contribution is 0.307. The number of aromatic nitrogens is 2. The number of rotatable bonds is 5. The van der Waals surface area contributed by atoms with E-state index in [1.165, 1.54) is 0 Å². The molecule has 2 aliphatic rings. The molecule has 0 fully saturated rings. The zero-order chi connectivity index (χ0) is 19.4. The molecule has 3 rings (SSSR count). The van der Waals surface area contributed by atoms with Gasteiger partial charge in [-0.05, 0) is 25.0 Å². The normalized spacial score (nSPS) is 24.1. The Morgan fingerprint density at radius 2 is 1.78 bits per heavy atom. The van der Waals surface area contributed by atoms with E-state index in [0.29, 0.717) is 36.9 Å². The Kier molecular flexibility index (Phi) is 6.02. The summed E-state index contributed by atoms with van der Waals surface area (Å²) in [5.74, 6) is 0.211. The summed E-state index contributed by atoms with van der Waals surface area (Å²) in [4.78, 5) is 26.1. The van der Waals surface area contributed by atoms with Crippen molar-refractivity contribution in [3.63, 3.8) is 0 Å². The lowest BCUT2D eigenvalue weighted by atomic mass is 9.90. The van der Waals surface area contributed by atoms with Gasteiger partial charge in [-0.1, -0.05) is 6.92 Å². The second-order valence-corrected chi connectivity index (χ2v) is 6.57. The molecule has 1 unspecified atom stereocenters. The molecule has 1 aromatic heterocycles. The molecule has 0 spiro atoms. The van der Waals surface area contributed by atoms with E-state index >= 15 is 0 Å². The Balaban J connectivity index is 2.06. The van der Waals surface area contributed by atoms with Crippen LogP contribution in [0.3, 0.4) is 0 Å². The minimum Gasteiger partial charge on any atom is -0.394 e. The number of fused-ring (bicyclic) bond motifs is 1. The van der Waals surface area contributed by atoms with Gasteiger partial charge in [-0.3, -0.25) is 19.5 Å². The lowest BCUT2D eigenvalue weighted by Crippen LogP contribution is -2.31. The molecule has 0 saturated carbocycles. The van der Waals surface area contributed by atoms with Crippen LogP contribution in [0, 0.1) is 5.92 Å². The van der Waals surface area contributed by atoms with Crippen molar-refractivity contribution in [3.8, 4) is 0 Å². The molecule has 1 aromatic rings. The Bertz CT molecular complexity index is 874. The second-order valence-electron chi connectivity index (χ2n) is 6.57. The number of nitrogen functional groups attached to an aromatic ring is 1. The van der Waals surface area contributed by atoms with Crippen LogP contribution in [-0.2, 0) is 13.1 Å². The van der Waals surface area contributed by atoms with Crippen LogP contribution in [0.1, 0.15) is 19.8 Å². The molecule has 0 bridgehead atoms. The number of hydrogen-bond donors (Lipinski definition) is 3. The fourth-order valence-corrected chi connectivity index (χ4v) is 3.41. The maximum absolute atomic E-state index is 12.7. The van der Waals surface area contributed by atoms with Crippen LogP contribution in [0.4, 0.5) is 11.5 Å². The van der Waals surface area contributed by atoms with Crippen molar-refractivity contribution in [2.75, 3.05) is 32.0 Å². The van der Waals surface area contributed by atoms with E-state index in [9.17, 15) is 4.79 Å². The first-order chi connectivity index (χ1) is 13.1. The summed E-state index contributed by atoms with van der Waals surface area (Å²) in [7, 11) is 0. The van der Waals surface area contributed by atoms with Crippen LogP contribution in [0.25, 0.3) is 0 Å². The smallest absolute Gasteiger partial charge is 0.294 e. The molecule has 0 aromatic carbocycles. The van der Waals surface area contributed by atoms with Gasteiger partial charge < -0.3 is 15.9 Å². The summed E-state index contributed by atoms with van der Waals surface area (Å²) in [6, 6.07) is 0. The number of nitrogens with zero attached hydrogens (tertiary/aromatic N) is 5. The number of allylic oxidation sites excluding steroid dienone is 2. The number of aliphatic hydroxyl groups excluding tert-OH is 2. The highest BCUT2D eigenvalue weighted by Crippen LogP contribution is 2.24. The summed E-state index contributed by atoms with van der Waals surface area (Å²) in [6.07, 6.45) is 5.51. The first-order valence-electron chi connectivity index (χ1n) is 9.25. The molecule has 2 heterocycles. The van der Waals surface area contributed by atoms with Crippen LogP contribution >= 0.6 is 0 Å². The molecule has 0 saturated heterocycles. The maximum atomic E-state index is 12.7. The van der Waals surface area contributed by atoms with Crippen LogP contribution in [0.2, 0.25) is 0 Å². The molecule has 1 aliphatic heterocycles. The SMILES string of the molecule is CC1C(=NCCO)C=CC(=Nc2c(N)n3n(c2=O)CCCC3)C1=NCCO. The molecular weight excluding hydrogens is 348 g/mol. The van der Waals surface area contributed by atoms with Crippen LogP contribution < -0.4 is 11.3 Å². The van der Waals surface area contributed by atoms with Gasteiger partial charge in [0, 0.05) is 24.7 Å². The average Bonchev–Trinajstić information content (AvgIpc) is 2.92. The second kappa shape index (κ2) is 8.45. The van der Waals surface area contributed by atoms with E-state index in [1.54, 1.807) is 15.4 Å². The fraction of sp³-hybridized carbons (Fsp3) is 0.556. The number of aliphatic imine (C=N–C) groups is 3. The summed E-state index contributed by atoms with van der Waals surface area (Å²) in [5.41, 5.74) is 8.21. The molecule has 27 heavy (non-hydrogen) atoms. The molecule has 146 valence electrons. The molecule has 1 atom stereocenters. The Labute approximate surface area is 157 Å². The zero-order valence-corrected chi connectivity index (χ0v) is 15.5. The monoisotopic (exact) mass is 374 g/mol. The maximum Gasteiger partial charge on any atom is 0.294 e. The summed E-state index contributed by atoms with van der Waals surface area (Å²) >= 11 is 0. The van der Waals surface area contributed by atoms with E-state index in [-0.39, 0.29) is 36.9 Å². The standard InChI is InChI=1S/C18H26N6O3/c1-12-13(20-6-10-25)4-5-14(15(12)21-7-11-26)22-16-17(19)23-8-2-3-9-24(23)18(16)27/h4-5,12,25-26H,2-3,6-11,19H2,1H3. The molecule has 9 nitrogen and oxygen atoms in total. The average molecular weight is 374 g/mol. The van der Waals surface area contributed by atoms with E-state index in [4.69, 9.17) is 15.9 Å². The lowest BCUT2D eigenvalue weighted by Gasteiger charge is -2.20. The van der Waals surface area contributed by atoms with Crippen LogP contribution in [0.15, 0.2) is 31.9 Å². The number of aliphatic hydroxyl groups is 2. The third-order valence-corrected chi connectivity index (χ3v) is 4.78. The molecule has 4 N–H and O–H groups in total. The first kappa shape index (κ1) is 19.2. The molecule has 9 heteroatoms. The van der Waals surface area contributed by atoms with Gasteiger partial charge >= 0.3 is 0 Å². The molecule has 0 radical (unpaired) electrons. The predicted molar refractivity (Wildman–Crippen MR) is 107 cm³/mol. The van der Waals surface area contributed by atoms with Gasteiger partial charge in [0.15, 0.2) is 11.5 Å². The van der Waals surface area contributed by atoms with Crippen molar-refractivity contribution < 1.29 is 10.2 Å². The number of nitrogens with two attached hydrogens (primary N) is 1. The highest BCUT2D eigenvalue weighted by molar-refractivity contribution is 6.53. The quantitative estimate of drug-likeness (QED) is 0.678. The van der Waals surface area contributed by atoms with Gasteiger partial charge in [0.05, 0.1) is 37.7 Å². The fourth-order valence-electron chi connectivity index (χ4n) is 3.41. The van der Waals surface area contributed by atoms with Gasteiger partial charge in [-0.2, -0.15) is 0 Å². The van der Waals surface area contributed by atoms with Gasteiger partial charge in [0.2, 0.25) is 0 Å². The molecular formula is C18H26N6O3. The Morgan fingerprint density at radius 1 is 1.11 bits per heavy atom. The van der Waals surface area contributed by atoms with Crippen LogP contribution in [0.5, 0.6) is 0 Å². The summed E-state index contributed by atoms with van der Waals surface area (Å²) in [5, 5.41) is 18.2. The minimum atomic E-state index is -0.193. The van der Waals surface area contributed by atoms with Crippen molar-refractivity contribution >= 4 is 28.6 Å². The number of hydrogen-bond acceptors (Lipinski definition) is 7. The van der Waals surface area contributed by atoms with Crippen molar-refractivity contribution in [3.05, 3.63) is 22.5 Å². The molecule has 1 aliphatic carbocycles. The van der Waals surface area contributed by atoms with Gasteiger partial charge in [0.1, 0.15) is 0 Å². The third kappa shape index (κ3) is 3.79. The molecule has 0 amide bonds.